The number of anilines is 1. The van der Waals surface area contributed by atoms with Crippen LogP contribution in [0.15, 0.2) is 42.7 Å². The van der Waals surface area contributed by atoms with Gasteiger partial charge in [0.25, 0.3) is 0 Å². The van der Waals surface area contributed by atoms with Crippen molar-refractivity contribution in [1.82, 2.24) is 19.9 Å². The molecule has 0 saturated carbocycles. The Labute approximate surface area is 170 Å². The van der Waals surface area contributed by atoms with Crippen LogP contribution in [0.5, 0.6) is 0 Å². The molecular weight excluding hydrogens is 362 g/mol. The van der Waals surface area contributed by atoms with E-state index in [2.05, 4.69) is 44.1 Å². The zero-order chi connectivity index (χ0) is 19.8. The summed E-state index contributed by atoms with van der Waals surface area (Å²) in [6, 6.07) is 12.4. The molecule has 1 amide bonds. The van der Waals surface area contributed by atoms with Crippen LogP contribution in [0.1, 0.15) is 29.7 Å². The van der Waals surface area contributed by atoms with E-state index in [1.807, 2.05) is 24.0 Å². The number of fused-ring (bicyclic) bond motifs is 2. The van der Waals surface area contributed by atoms with Crippen LogP contribution in [-0.4, -0.2) is 45.4 Å². The highest BCUT2D eigenvalue weighted by Gasteiger charge is 2.31. The van der Waals surface area contributed by atoms with Crippen molar-refractivity contribution in [2.75, 3.05) is 24.5 Å². The number of hydrogen-bond acceptors (Lipinski definition) is 5. The van der Waals surface area contributed by atoms with Gasteiger partial charge in [0.05, 0.1) is 5.52 Å². The van der Waals surface area contributed by atoms with E-state index in [-0.39, 0.29) is 5.92 Å². The van der Waals surface area contributed by atoms with Gasteiger partial charge in [0.15, 0.2) is 5.82 Å². The van der Waals surface area contributed by atoms with E-state index < -0.39 is 0 Å². The third kappa shape index (κ3) is 3.43. The third-order valence-corrected chi connectivity index (χ3v) is 6.19. The fraction of sp³-hybridized carbons (Fsp3) is 0.391. The van der Waals surface area contributed by atoms with Crippen LogP contribution in [0.3, 0.4) is 0 Å². The second kappa shape index (κ2) is 7.43. The number of carbonyl (C=O) groups is 1. The number of aryl methyl sites for hydroxylation is 1. The molecule has 0 unspecified atom stereocenters. The predicted octanol–water partition coefficient (Wildman–Crippen LogP) is 3.13. The van der Waals surface area contributed by atoms with Crippen molar-refractivity contribution in [3.05, 3.63) is 59.5 Å². The van der Waals surface area contributed by atoms with E-state index in [9.17, 15) is 4.79 Å². The first-order valence-electron chi connectivity index (χ1n) is 10.4. The van der Waals surface area contributed by atoms with Crippen LogP contribution < -0.4 is 4.90 Å². The number of benzene rings is 1. The minimum absolute atomic E-state index is 0.0966. The minimum atomic E-state index is 0.0966. The van der Waals surface area contributed by atoms with Crippen molar-refractivity contribution in [1.29, 1.82) is 0 Å². The average Bonchev–Trinajstić information content (AvgIpc) is 2.78. The zero-order valence-electron chi connectivity index (χ0n) is 16.7. The highest BCUT2D eigenvalue weighted by atomic mass is 16.2. The van der Waals surface area contributed by atoms with Gasteiger partial charge in [-0.2, -0.15) is 0 Å². The van der Waals surface area contributed by atoms with Gasteiger partial charge in [-0.25, -0.2) is 15.0 Å². The molecule has 6 heteroatoms. The summed E-state index contributed by atoms with van der Waals surface area (Å²) in [4.78, 5) is 30.9. The first kappa shape index (κ1) is 18.0. The Kier molecular flexibility index (Phi) is 4.62. The minimum Gasteiger partial charge on any atom is -0.355 e. The molecule has 0 N–H and O–H groups in total. The molecule has 0 aliphatic carbocycles. The molecule has 1 saturated heterocycles. The molecule has 6 nitrogen and oxygen atoms in total. The van der Waals surface area contributed by atoms with Gasteiger partial charge in [0, 0.05) is 37.8 Å². The van der Waals surface area contributed by atoms with Crippen molar-refractivity contribution in [3.63, 3.8) is 0 Å². The van der Waals surface area contributed by atoms with Gasteiger partial charge in [-0.3, -0.25) is 4.79 Å². The molecule has 5 rings (SSSR count). The van der Waals surface area contributed by atoms with E-state index in [1.165, 1.54) is 11.1 Å². The summed E-state index contributed by atoms with van der Waals surface area (Å²) < 4.78 is 0. The van der Waals surface area contributed by atoms with Crippen molar-refractivity contribution in [3.8, 4) is 0 Å². The first-order chi connectivity index (χ1) is 14.2. The fourth-order valence-corrected chi connectivity index (χ4v) is 4.54. The predicted molar refractivity (Wildman–Crippen MR) is 113 cm³/mol. The van der Waals surface area contributed by atoms with Crippen LogP contribution in [0, 0.1) is 12.8 Å². The van der Waals surface area contributed by atoms with Crippen LogP contribution in [0.25, 0.3) is 11.0 Å². The summed E-state index contributed by atoms with van der Waals surface area (Å²) in [5.74, 6) is 1.29. The number of aromatic nitrogens is 3. The Balaban J connectivity index is 1.28. The standard InChI is InChI=1S/C23H25N5O/c1-16-6-7-20-21(26-16)22(25-15-24-20)27-11-9-18(10-12-27)23(29)28-13-8-17-4-2-3-5-19(17)14-28/h2-7,15,18H,8-14H2,1H3. The van der Waals surface area contributed by atoms with Crippen LogP contribution in [-0.2, 0) is 17.8 Å². The lowest BCUT2D eigenvalue weighted by Crippen LogP contribution is -2.44. The number of rotatable bonds is 2. The Morgan fingerprint density at radius 3 is 2.62 bits per heavy atom. The average molecular weight is 387 g/mol. The van der Waals surface area contributed by atoms with Gasteiger partial charge in [0.2, 0.25) is 5.91 Å². The summed E-state index contributed by atoms with van der Waals surface area (Å²) in [6.07, 6.45) is 4.28. The molecule has 2 aliphatic rings. The number of carbonyl (C=O) groups excluding carboxylic acids is 1. The zero-order valence-corrected chi connectivity index (χ0v) is 16.7. The van der Waals surface area contributed by atoms with Gasteiger partial charge in [-0.05, 0) is 49.4 Å². The molecule has 0 spiro atoms. The SMILES string of the molecule is Cc1ccc2ncnc(N3CCC(C(=O)N4CCc5ccccc5C4)CC3)c2n1. The van der Waals surface area contributed by atoms with Crippen molar-refractivity contribution >= 4 is 22.8 Å². The van der Waals surface area contributed by atoms with Crippen LogP contribution in [0.4, 0.5) is 5.82 Å². The maximum absolute atomic E-state index is 13.1. The third-order valence-electron chi connectivity index (χ3n) is 6.19. The van der Waals surface area contributed by atoms with Gasteiger partial charge >= 0.3 is 0 Å². The Morgan fingerprint density at radius 2 is 1.79 bits per heavy atom. The van der Waals surface area contributed by atoms with Gasteiger partial charge in [0.1, 0.15) is 11.8 Å². The summed E-state index contributed by atoms with van der Waals surface area (Å²) in [6.45, 7) is 5.20. The molecule has 1 fully saturated rings. The topological polar surface area (TPSA) is 62.2 Å². The van der Waals surface area contributed by atoms with E-state index in [0.717, 1.165) is 68.0 Å². The second-order valence-corrected chi connectivity index (χ2v) is 8.06. The number of nitrogens with zero attached hydrogens (tertiary/aromatic N) is 5. The van der Waals surface area contributed by atoms with Crippen LogP contribution >= 0.6 is 0 Å². The lowest BCUT2D eigenvalue weighted by molar-refractivity contribution is -0.137. The molecule has 0 radical (unpaired) electrons. The normalized spacial score (nSPS) is 17.4. The van der Waals surface area contributed by atoms with Crippen LogP contribution in [0.2, 0.25) is 0 Å². The number of piperidine rings is 1. The molecule has 1 aromatic carbocycles. The second-order valence-electron chi connectivity index (χ2n) is 8.06. The maximum Gasteiger partial charge on any atom is 0.226 e. The molecule has 0 atom stereocenters. The van der Waals surface area contributed by atoms with E-state index in [1.54, 1.807) is 6.33 Å². The number of amides is 1. The van der Waals surface area contributed by atoms with Crippen molar-refractivity contribution < 1.29 is 4.79 Å². The molecule has 3 aromatic rings. The van der Waals surface area contributed by atoms with Gasteiger partial charge in [-0.15, -0.1) is 0 Å². The lowest BCUT2D eigenvalue weighted by Gasteiger charge is -2.36. The fourth-order valence-electron chi connectivity index (χ4n) is 4.54. The molecular formula is C23H25N5O. The molecule has 2 aliphatic heterocycles. The van der Waals surface area contributed by atoms with E-state index in [4.69, 9.17) is 0 Å². The van der Waals surface area contributed by atoms with E-state index >= 15 is 0 Å². The number of hydrogen-bond donors (Lipinski definition) is 0. The van der Waals surface area contributed by atoms with Gasteiger partial charge < -0.3 is 9.80 Å². The Hall–Kier alpha value is -3.02. The highest BCUT2D eigenvalue weighted by Crippen LogP contribution is 2.28. The number of pyridine rings is 1. The summed E-state index contributed by atoms with van der Waals surface area (Å²) >= 11 is 0. The lowest BCUT2D eigenvalue weighted by atomic mass is 9.93. The first-order valence-corrected chi connectivity index (χ1v) is 10.4. The van der Waals surface area contributed by atoms with E-state index in [0.29, 0.717) is 5.91 Å². The molecule has 2 aromatic heterocycles. The summed E-state index contributed by atoms with van der Waals surface area (Å²) in [5, 5.41) is 0. The quantitative estimate of drug-likeness (QED) is 0.676. The van der Waals surface area contributed by atoms with Gasteiger partial charge in [-0.1, -0.05) is 24.3 Å². The maximum atomic E-state index is 13.1. The largest absolute Gasteiger partial charge is 0.355 e. The Morgan fingerprint density at radius 1 is 1.00 bits per heavy atom. The summed E-state index contributed by atoms with van der Waals surface area (Å²) in [7, 11) is 0. The molecule has 29 heavy (non-hydrogen) atoms. The van der Waals surface area contributed by atoms with Crippen molar-refractivity contribution in [2.45, 2.75) is 32.7 Å². The summed E-state index contributed by atoms with van der Waals surface area (Å²) in [5.41, 5.74) is 5.35. The smallest absolute Gasteiger partial charge is 0.226 e. The molecule has 4 heterocycles. The Bertz CT molecular complexity index is 1060. The van der Waals surface area contributed by atoms with Crippen molar-refractivity contribution in [2.24, 2.45) is 5.92 Å². The highest BCUT2D eigenvalue weighted by molar-refractivity contribution is 5.85. The molecule has 148 valence electrons. The monoisotopic (exact) mass is 387 g/mol. The molecule has 0 bridgehead atoms.